The number of hydrogen-bond acceptors (Lipinski definition) is 13. The van der Waals surface area contributed by atoms with Crippen LogP contribution in [0.4, 0.5) is 24.0 Å². The zero-order chi connectivity index (χ0) is 55.2. The van der Waals surface area contributed by atoms with Gasteiger partial charge in [-0.05, 0) is 149 Å². The van der Waals surface area contributed by atoms with Crippen molar-refractivity contribution in [3.8, 4) is 11.1 Å². The maximum atomic E-state index is 14.6. The lowest BCUT2D eigenvalue weighted by Crippen LogP contribution is -2.53. The minimum absolute atomic E-state index is 0.0312. The summed E-state index contributed by atoms with van der Waals surface area (Å²) in [6, 6.07) is 14.2. The summed E-state index contributed by atoms with van der Waals surface area (Å²) in [5.74, 6) is -0.731. The van der Waals surface area contributed by atoms with E-state index in [1.807, 2.05) is 48.5 Å². The lowest BCUT2D eigenvalue weighted by Gasteiger charge is -2.38. The molecular formula is C54H87N5O13Si. The number of rotatable bonds is 21. The van der Waals surface area contributed by atoms with E-state index in [0.29, 0.717) is 12.8 Å². The van der Waals surface area contributed by atoms with E-state index in [4.69, 9.17) is 32.8 Å². The third-order valence-electron chi connectivity index (χ3n) is 11.7. The predicted octanol–water partition coefficient (Wildman–Crippen LogP) is 10.6. The second-order valence-corrected chi connectivity index (χ2v) is 28.8. The maximum absolute atomic E-state index is 14.6. The highest BCUT2D eigenvalue weighted by atomic mass is 28.4. The molecule has 1 aliphatic rings. The van der Waals surface area contributed by atoms with Crippen LogP contribution in [0.2, 0.25) is 18.1 Å². The van der Waals surface area contributed by atoms with E-state index in [1.54, 1.807) is 83.1 Å². The van der Waals surface area contributed by atoms with Gasteiger partial charge in [-0.15, -0.1) is 0 Å². The van der Waals surface area contributed by atoms with Crippen molar-refractivity contribution >= 4 is 44.8 Å². The van der Waals surface area contributed by atoms with Gasteiger partial charge in [0.25, 0.3) is 0 Å². The fourth-order valence-electron chi connectivity index (χ4n) is 7.26. The van der Waals surface area contributed by atoms with Gasteiger partial charge in [-0.3, -0.25) is 4.79 Å². The van der Waals surface area contributed by atoms with Gasteiger partial charge in [-0.25, -0.2) is 24.0 Å². The molecule has 0 radical (unpaired) electrons. The summed E-state index contributed by atoms with van der Waals surface area (Å²) in [7, 11) is -2.43. The third-order valence-corrected chi connectivity index (χ3v) is 16.2. The number of carbonyl (C=O) groups is 6. The molecule has 18 nitrogen and oxygen atoms in total. The van der Waals surface area contributed by atoms with Crippen molar-refractivity contribution in [2.24, 2.45) is 0 Å². The van der Waals surface area contributed by atoms with Gasteiger partial charge in [0.05, 0.1) is 25.7 Å². The smallest absolute Gasteiger partial charge is 0.449 e. The molecule has 0 saturated carbocycles. The molecule has 0 saturated heterocycles. The fourth-order valence-corrected chi connectivity index (χ4v) is 8.31. The molecule has 1 aliphatic carbocycles. The van der Waals surface area contributed by atoms with Crippen molar-refractivity contribution in [1.29, 1.82) is 0 Å². The van der Waals surface area contributed by atoms with E-state index in [2.05, 4.69) is 55.1 Å². The number of amides is 5. The molecule has 0 aromatic heterocycles. The van der Waals surface area contributed by atoms with Crippen LogP contribution in [0, 0.1) is 0 Å². The van der Waals surface area contributed by atoms with Crippen molar-refractivity contribution in [2.45, 2.75) is 194 Å². The lowest BCUT2D eigenvalue weighted by atomic mass is 9.98. The number of nitrogens with one attached hydrogen (secondary N) is 4. The minimum Gasteiger partial charge on any atom is -0.449 e. The zero-order valence-electron chi connectivity index (χ0n) is 46.8. The van der Waals surface area contributed by atoms with Gasteiger partial charge >= 0.3 is 30.5 Å². The van der Waals surface area contributed by atoms with Crippen LogP contribution in [-0.2, 0) is 37.6 Å². The molecule has 0 spiro atoms. The van der Waals surface area contributed by atoms with Gasteiger partial charge in [0.1, 0.15) is 41.2 Å². The van der Waals surface area contributed by atoms with Crippen molar-refractivity contribution in [3.05, 3.63) is 59.7 Å². The van der Waals surface area contributed by atoms with E-state index in [1.165, 1.54) is 4.90 Å². The number of hydrogen-bond donors (Lipinski definition) is 4. The van der Waals surface area contributed by atoms with Crippen LogP contribution in [0.25, 0.3) is 11.1 Å². The highest BCUT2D eigenvalue weighted by molar-refractivity contribution is 6.74. The first-order valence-corrected chi connectivity index (χ1v) is 28.3. The third kappa shape index (κ3) is 22.6. The Kier molecular flexibility index (Phi) is 22.1. The summed E-state index contributed by atoms with van der Waals surface area (Å²) in [5, 5.41) is 11.1. The predicted molar refractivity (Wildman–Crippen MR) is 283 cm³/mol. The Morgan fingerprint density at radius 1 is 0.630 bits per heavy atom. The molecule has 73 heavy (non-hydrogen) atoms. The van der Waals surface area contributed by atoms with Crippen LogP contribution in [-0.4, -0.2) is 130 Å². The van der Waals surface area contributed by atoms with Crippen LogP contribution in [0.15, 0.2) is 48.5 Å². The second-order valence-electron chi connectivity index (χ2n) is 24.0. The molecule has 0 aliphatic heterocycles. The number of carbonyl (C=O) groups excluding carboxylic acids is 6. The highest BCUT2D eigenvalue weighted by Gasteiger charge is 2.39. The van der Waals surface area contributed by atoms with Crippen molar-refractivity contribution in [3.63, 3.8) is 0 Å². The van der Waals surface area contributed by atoms with Crippen LogP contribution < -0.4 is 21.3 Å². The second kappa shape index (κ2) is 26.1. The molecule has 410 valence electrons. The average molecular weight is 1040 g/mol. The molecular weight excluding hydrogens is 955 g/mol. The van der Waals surface area contributed by atoms with Gasteiger partial charge < -0.3 is 59.0 Å². The van der Waals surface area contributed by atoms with Crippen molar-refractivity contribution in [2.75, 3.05) is 39.4 Å². The van der Waals surface area contributed by atoms with E-state index in [-0.39, 0.29) is 63.2 Å². The van der Waals surface area contributed by atoms with Gasteiger partial charge in [-0.1, -0.05) is 69.3 Å². The molecule has 0 bridgehead atoms. The van der Waals surface area contributed by atoms with Crippen LogP contribution in [0.1, 0.15) is 147 Å². The van der Waals surface area contributed by atoms with Crippen LogP contribution >= 0.6 is 0 Å². The van der Waals surface area contributed by atoms with Crippen LogP contribution in [0.3, 0.4) is 0 Å². The van der Waals surface area contributed by atoms with E-state index in [0.717, 1.165) is 22.3 Å². The lowest BCUT2D eigenvalue weighted by molar-refractivity contribution is -0.124. The standard InChI is InChI=1S/C54H87N5O13Si/c1-50(2,3)69-45(61)55-30-23-22-28-43(58-47(63)66-35-42-40-26-20-18-24-38(40)39-25-19-21-27-41(39)42)44(60)57-36(34-67-73(16,17)54(13,14)15)29-31-59(48(64)71-52(7,8)9)33-37(68-49(65)72-53(10,11)12)32-56-46(62)70-51(4,5)6/h18-21,24-27,36-37,42-43H,22-23,28-35H2,1-17H3,(H,55,61)(H,56,62)(H,57,60)(H,58,63)/t36-,37+,43-/m0/s1. The molecule has 3 atom stereocenters. The van der Waals surface area contributed by atoms with Crippen LogP contribution in [0.5, 0.6) is 0 Å². The molecule has 19 heteroatoms. The number of benzene rings is 2. The first-order chi connectivity index (χ1) is 33.5. The largest absolute Gasteiger partial charge is 0.509 e. The Balaban J connectivity index is 1.94. The first-order valence-electron chi connectivity index (χ1n) is 25.4. The highest BCUT2D eigenvalue weighted by Crippen LogP contribution is 2.44. The molecule has 4 N–H and O–H groups in total. The van der Waals surface area contributed by atoms with Gasteiger partial charge in [0.15, 0.2) is 8.32 Å². The summed E-state index contributed by atoms with van der Waals surface area (Å²) in [5.41, 5.74) is 0.895. The Morgan fingerprint density at radius 3 is 1.67 bits per heavy atom. The normalized spacial score (nSPS) is 14.3. The summed E-state index contributed by atoms with van der Waals surface area (Å²) in [6.45, 7) is 30.9. The van der Waals surface area contributed by atoms with Gasteiger partial charge in [0.2, 0.25) is 5.91 Å². The van der Waals surface area contributed by atoms with E-state index < -0.39 is 85.3 Å². The average Bonchev–Trinajstić information content (AvgIpc) is 3.54. The minimum atomic E-state index is -2.43. The molecule has 3 rings (SSSR count). The number of unbranched alkanes of at least 4 members (excludes halogenated alkanes) is 1. The number of ether oxygens (including phenoxy) is 6. The Bertz CT molecular complexity index is 2120. The Labute approximate surface area is 435 Å². The quantitative estimate of drug-likeness (QED) is 0.0396. The summed E-state index contributed by atoms with van der Waals surface area (Å²) >= 11 is 0. The van der Waals surface area contributed by atoms with Gasteiger partial charge in [-0.2, -0.15) is 0 Å². The Hall–Kier alpha value is -5.56. The van der Waals surface area contributed by atoms with E-state index in [9.17, 15) is 28.8 Å². The fraction of sp³-hybridized carbons (Fsp3) is 0.667. The molecule has 0 unspecified atom stereocenters. The number of alkyl carbamates (subject to hydrolysis) is 3. The zero-order valence-corrected chi connectivity index (χ0v) is 47.8. The summed E-state index contributed by atoms with van der Waals surface area (Å²) in [6.07, 6.45) is -3.82. The molecule has 2 aromatic rings. The molecule has 0 heterocycles. The number of fused-ring (bicyclic) bond motifs is 3. The summed E-state index contributed by atoms with van der Waals surface area (Å²) in [4.78, 5) is 82.0. The van der Waals surface area contributed by atoms with Crippen molar-refractivity contribution < 1.29 is 61.6 Å². The maximum Gasteiger partial charge on any atom is 0.509 e. The summed E-state index contributed by atoms with van der Waals surface area (Å²) < 4.78 is 40.3. The molecule has 5 amide bonds. The Morgan fingerprint density at radius 2 is 1.15 bits per heavy atom. The number of nitrogens with zero attached hydrogens (tertiary/aromatic N) is 1. The SMILES string of the molecule is CC(C)(C)OC(=O)NCCCC[C@H](NC(=O)OCC1c2ccccc2-c2ccccc21)C(=O)N[C@@H](CCN(C[C@@H](CNC(=O)OC(C)(C)C)OC(=O)OC(C)(C)C)C(=O)OC(C)(C)C)CO[Si](C)(C)C(C)(C)C. The molecule has 0 fully saturated rings. The van der Waals surface area contributed by atoms with E-state index >= 15 is 0 Å². The van der Waals surface area contributed by atoms with Crippen molar-refractivity contribution in [1.82, 2.24) is 26.2 Å². The molecule has 2 aromatic carbocycles. The van der Waals surface area contributed by atoms with Gasteiger partial charge in [0, 0.05) is 19.0 Å². The topological polar surface area (TPSA) is 218 Å². The monoisotopic (exact) mass is 1040 g/mol. The first kappa shape index (κ1) is 61.7.